The van der Waals surface area contributed by atoms with Crippen molar-refractivity contribution in [2.75, 3.05) is 65.3 Å². The number of ketones is 1. The highest BCUT2D eigenvalue weighted by atomic mass is 16.6. The number of benzene rings is 1. The van der Waals surface area contributed by atoms with Crippen LogP contribution in [0.1, 0.15) is 27.8 Å². The lowest BCUT2D eigenvalue weighted by Crippen LogP contribution is -2.14. The first-order valence-corrected chi connectivity index (χ1v) is 11.5. The third-order valence-electron chi connectivity index (χ3n) is 4.99. The van der Waals surface area contributed by atoms with E-state index in [1.54, 1.807) is 25.3 Å². The molecule has 194 valence electrons. The lowest BCUT2D eigenvalue weighted by molar-refractivity contribution is 0.0000850. The smallest absolute Gasteiger partial charge is 0.255 e. The zero-order valence-corrected chi connectivity index (χ0v) is 20.4. The number of aromatic amines is 1. The summed E-state index contributed by atoms with van der Waals surface area (Å²) in [5.41, 5.74) is 1.70. The molecular formula is C25H31N3O8. The maximum Gasteiger partial charge on any atom is 0.255 e. The van der Waals surface area contributed by atoms with Crippen LogP contribution in [0.15, 0.2) is 36.5 Å². The molecule has 0 fully saturated rings. The van der Waals surface area contributed by atoms with E-state index in [1.165, 1.54) is 25.3 Å². The number of nitrogens with one attached hydrogen (secondary N) is 2. The van der Waals surface area contributed by atoms with Crippen molar-refractivity contribution in [1.82, 2.24) is 9.97 Å². The number of anilines is 1. The average Bonchev–Trinajstić information content (AvgIpc) is 3.29. The molecule has 36 heavy (non-hydrogen) atoms. The number of rotatable bonds is 16. The van der Waals surface area contributed by atoms with E-state index >= 15 is 0 Å². The summed E-state index contributed by atoms with van der Waals surface area (Å²) in [6.45, 7) is 4.93. The van der Waals surface area contributed by atoms with E-state index in [0.717, 1.165) is 0 Å². The van der Waals surface area contributed by atoms with E-state index < -0.39 is 5.91 Å². The summed E-state index contributed by atoms with van der Waals surface area (Å²) in [6, 6.07) is 7.77. The number of nitrogens with zero attached hydrogens (tertiary/aromatic N) is 1. The number of fused-ring (bicyclic) bond motifs is 1. The topological polar surface area (TPSA) is 141 Å². The van der Waals surface area contributed by atoms with E-state index in [-0.39, 0.29) is 29.5 Å². The molecule has 0 bridgehead atoms. The van der Waals surface area contributed by atoms with Crippen molar-refractivity contribution in [3.63, 3.8) is 0 Å². The predicted molar refractivity (Wildman–Crippen MR) is 132 cm³/mol. The molecule has 0 atom stereocenters. The van der Waals surface area contributed by atoms with Gasteiger partial charge in [0.15, 0.2) is 17.3 Å². The molecule has 11 heteroatoms. The first-order valence-electron chi connectivity index (χ1n) is 11.5. The largest absolute Gasteiger partial charge is 0.504 e. The number of H-pyrrole nitrogens is 1. The Labute approximate surface area is 208 Å². The van der Waals surface area contributed by atoms with Gasteiger partial charge in [-0.1, -0.05) is 0 Å². The molecule has 0 unspecified atom stereocenters. The number of Topliss-reactive ketones (excluding diaryl/α,β-unsaturated/α-hetero) is 1. The lowest BCUT2D eigenvalue weighted by atomic mass is 10.2. The van der Waals surface area contributed by atoms with Crippen LogP contribution in [-0.2, 0) is 18.9 Å². The second kappa shape index (κ2) is 14.1. The van der Waals surface area contributed by atoms with Crippen molar-refractivity contribution in [3.05, 3.63) is 47.8 Å². The van der Waals surface area contributed by atoms with E-state index in [4.69, 9.17) is 23.7 Å². The minimum absolute atomic E-state index is 0.104. The number of carbonyl (C=O) groups is 2. The highest BCUT2D eigenvalue weighted by Crippen LogP contribution is 2.27. The minimum Gasteiger partial charge on any atom is -0.504 e. The number of aromatic hydroxyl groups is 1. The maximum atomic E-state index is 12.6. The Hall–Kier alpha value is -3.51. The number of hydrogen-bond donors (Lipinski definition) is 3. The van der Waals surface area contributed by atoms with Gasteiger partial charge in [0.1, 0.15) is 12.3 Å². The fourth-order valence-corrected chi connectivity index (χ4v) is 3.15. The summed E-state index contributed by atoms with van der Waals surface area (Å²) in [4.78, 5) is 31.3. The molecule has 0 saturated heterocycles. The van der Waals surface area contributed by atoms with Gasteiger partial charge in [0.05, 0.1) is 63.8 Å². The van der Waals surface area contributed by atoms with E-state index in [1.807, 2.05) is 0 Å². The van der Waals surface area contributed by atoms with Gasteiger partial charge in [-0.15, -0.1) is 0 Å². The molecule has 3 rings (SSSR count). The number of methoxy groups -OCH3 is 1. The number of amides is 1. The van der Waals surface area contributed by atoms with E-state index in [0.29, 0.717) is 68.7 Å². The van der Waals surface area contributed by atoms with Gasteiger partial charge in [-0.3, -0.25) is 9.59 Å². The second-order valence-electron chi connectivity index (χ2n) is 7.72. The third kappa shape index (κ3) is 8.31. The van der Waals surface area contributed by atoms with Gasteiger partial charge >= 0.3 is 0 Å². The average molecular weight is 502 g/mol. The Bertz CT molecular complexity index is 1150. The number of phenolic OH excluding ortho intramolecular Hbond substituents is 1. The summed E-state index contributed by atoms with van der Waals surface area (Å²) in [5.74, 6) is -0.447. The quantitative estimate of drug-likeness (QED) is 0.200. The lowest BCUT2D eigenvalue weighted by Gasteiger charge is -2.11. The van der Waals surface area contributed by atoms with Crippen LogP contribution in [0.25, 0.3) is 11.0 Å². The Kier molecular flexibility index (Phi) is 10.6. The van der Waals surface area contributed by atoms with E-state index in [2.05, 4.69) is 15.3 Å². The molecule has 2 heterocycles. The van der Waals surface area contributed by atoms with Gasteiger partial charge in [-0.05, 0) is 30.3 Å². The number of aromatic nitrogens is 2. The molecule has 3 aromatic rings. The normalized spacial score (nSPS) is 11.1. The van der Waals surface area contributed by atoms with Crippen molar-refractivity contribution < 1.29 is 38.4 Å². The van der Waals surface area contributed by atoms with Gasteiger partial charge in [0, 0.05) is 25.0 Å². The SMILES string of the molecule is COCCOCCOCCOCCOc1ccc(C(=O)Nc2cnc3[nH]c(C(C)=O)cc3c2)cc1O. The first-order chi connectivity index (χ1) is 17.5. The van der Waals surface area contributed by atoms with Crippen molar-refractivity contribution in [2.45, 2.75) is 6.92 Å². The molecule has 11 nitrogen and oxygen atoms in total. The summed E-state index contributed by atoms with van der Waals surface area (Å²) in [6.07, 6.45) is 1.49. The summed E-state index contributed by atoms with van der Waals surface area (Å²) < 4.78 is 26.5. The van der Waals surface area contributed by atoms with Crippen LogP contribution in [-0.4, -0.2) is 86.7 Å². The summed E-state index contributed by atoms with van der Waals surface area (Å²) in [7, 11) is 1.62. The van der Waals surface area contributed by atoms with E-state index in [9.17, 15) is 14.7 Å². The molecule has 2 aromatic heterocycles. The number of hydrogen-bond acceptors (Lipinski definition) is 9. The molecular weight excluding hydrogens is 470 g/mol. The molecule has 0 radical (unpaired) electrons. The maximum absolute atomic E-state index is 12.6. The molecule has 1 aromatic carbocycles. The summed E-state index contributed by atoms with van der Waals surface area (Å²) >= 11 is 0. The summed E-state index contributed by atoms with van der Waals surface area (Å²) in [5, 5.41) is 13.7. The van der Waals surface area contributed by atoms with Gasteiger partial charge in [0.25, 0.3) is 5.91 Å². The van der Waals surface area contributed by atoms with Crippen molar-refractivity contribution >= 4 is 28.4 Å². The van der Waals surface area contributed by atoms with Crippen LogP contribution in [0.4, 0.5) is 5.69 Å². The monoisotopic (exact) mass is 501 g/mol. The molecule has 0 spiro atoms. The minimum atomic E-state index is -0.423. The van der Waals surface area contributed by atoms with Gasteiger partial charge < -0.3 is 39.1 Å². The van der Waals surface area contributed by atoms with Crippen molar-refractivity contribution in [3.8, 4) is 11.5 Å². The van der Waals surface area contributed by atoms with Crippen LogP contribution in [0.2, 0.25) is 0 Å². The zero-order valence-electron chi connectivity index (χ0n) is 20.4. The van der Waals surface area contributed by atoms with Crippen LogP contribution < -0.4 is 10.1 Å². The molecule has 0 saturated carbocycles. The van der Waals surface area contributed by atoms with Crippen molar-refractivity contribution in [1.29, 1.82) is 0 Å². The molecule has 0 aliphatic rings. The predicted octanol–water partition coefficient (Wildman–Crippen LogP) is 2.80. The number of carbonyl (C=O) groups excluding carboxylic acids is 2. The first kappa shape index (κ1) is 27.1. The Balaban J connectivity index is 1.38. The second-order valence-corrected chi connectivity index (χ2v) is 7.72. The van der Waals surface area contributed by atoms with Crippen LogP contribution in [0, 0.1) is 0 Å². The van der Waals surface area contributed by atoms with Gasteiger partial charge in [-0.2, -0.15) is 0 Å². The fraction of sp³-hybridized carbons (Fsp3) is 0.400. The van der Waals surface area contributed by atoms with Crippen LogP contribution in [0.5, 0.6) is 11.5 Å². The highest BCUT2D eigenvalue weighted by Gasteiger charge is 2.12. The zero-order chi connectivity index (χ0) is 25.8. The molecule has 1 amide bonds. The molecule has 0 aliphatic carbocycles. The number of pyridine rings is 1. The van der Waals surface area contributed by atoms with Crippen LogP contribution in [0.3, 0.4) is 0 Å². The number of phenols is 1. The Morgan fingerprint density at radius 3 is 2.25 bits per heavy atom. The van der Waals surface area contributed by atoms with Crippen molar-refractivity contribution in [2.24, 2.45) is 0 Å². The van der Waals surface area contributed by atoms with Crippen LogP contribution >= 0.6 is 0 Å². The fourth-order valence-electron chi connectivity index (χ4n) is 3.15. The highest BCUT2D eigenvalue weighted by molar-refractivity contribution is 6.05. The standard InChI is InChI=1S/C25H31N3O8/c1-17(29)21-14-19-13-20(16-26-24(19)28-21)27-25(31)18-3-4-23(22(30)15-18)36-12-11-35-10-9-34-8-7-33-6-5-32-2/h3-4,13-16,30H,5-12H2,1-2H3,(H,26,28)(H,27,31). The molecule has 0 aliphatic heterocycles. The number of ether oxygens (including phenoxy) is 5. The Morgan fingerprint density at radius 2 is 1.61 bits per heavy atom. The third-order valence-corrected chi connectivity index (χ3v) is 4.99. The molecule has 3 N–H and O–H groups in total. The van der Waals surface area contributed by atoms with Gasteiger partial charge in [-0.25, -0.2) is 4.98 Å². The van der Waals surface area contributed by atoms with Gasteiger partial charge in [0.2, 0.25) is 0 Å². The Morgan fingerprint density at radius 1 is 0.944 bits per heavy atom.